The van der Waals surface area contributed by atoms with Gasteiger partial charge in [0.2, 0.25) is 0 Å². The summed E-state index contributed by atoms with van der Waals surface area (Å²) in [5, 5.41) is 6.05. The van der Waals surface area contributed by atoms with E-state index in [1.54, 1.807) is 32.7 Å². The Balaban J connectivity index is 0.00000420. The molecule has 39 heavy (non-hydrogen) atoms. The summed E-state index contributed by atoms with van der Waals surface area (Å²) in [6, 6.07) is 16.4. The SMILES string of the molecule is CC1=C(C)C(C)C([Si](C)(C)c2cc(-c3cc4ccccc4[cH-]3)c(C(C)(C)C)c(C(C)C)c2C(C)(C)C)=C1C.[Zr]. The van der Waals surface area contributed by atoms with Gasteiger partial charge in [0.25, 0.3) is 0 Å². The predicted octanol–water partition coefficient (Wildman–Crippen LogP) is 10.7. The Labute approximate surface area is 259 Å². The predicted molar refractivity (Wildman–Crippen MR) is 174 cm³/mol. The molecule has 0 saturated heterocycles. The summed E-state index contributed by atoms with van der Waals surface area (Å²) in [7, 11) is -2.04. The van der Waals surface area contributed by atoms with E-state index < -0.39 is 8.07 Å². The van der Waals surface area contributed by atoms with Crippen LogP contribution in [0.1, 0.15) is 106 Å². The van der Waals surface area contributed by atoms with Crippen molar-refractivity contribution in [2.75, 3.05) is 0 Å². The van der Waals surface area contributed by atoms with Crippen LogP contribution in [0.4, 0.5) is 0 Å². The zero-order chi connectivity index (χ0) is 28.5. The Morgan fingerprint density at radius 3 is 1.85 bits per heavy atom. The van der Waals surface area contributed by atoms with Gasteiger partial charge in [0.05, 0.1) is 0 Å². The summed E-state index contributed by atoms with van der Waals surface area (Å²) in [6.45, 7) is 34.2. The standard InChI is InChI=1S/C37H51Si.Zr/c1-22(2)32-33(36(7,8)9)30(29-19-27-17-15-16-18-28(27)20-29)21-31(34(32)37(10,11)12)38(13,14)35-25(5)23(3)24(4)26(35)6;/h15-22,25H,1-14H3;/q-1;. The topological polar surface area (TPSA) is 0 Å². The zero-order valence-electron chi connectivity index (χ0n) is 27.2. The van der Waals surface area contributed by atoms with Gasteiger partial charge in [0.1, 0.15) is 8.07 Å². The maximum atomic E-state index is 2.67. The largest absolute Gasteiger partial charge is 0.145 e. The zero-order valence-corrected chi connectivity index (χ0v) is 30.7. The molecule has 2 heteroatoms. The third-order valence-electron chi connectivity index (χ3n) is 9.36. The smallest absolute Gasteiger partial charge is 0.108 e. The summed E-state index contributed by atoms with van der Waals surface area (Å²) in [6.07, 6.45) is 0. The minimum Gasteiger partial charge on any atom is -0.145 e. The molecule has 208 valence electrons. The average Bonchev–Trinajstić information content (AvgIpc) is 3.31. The Hall–Kier alpha value is -1.37. The van der Waals surface area contributed by atoms with E-state index in [9.17, 15) is 0 Å². The molecule has 0 radical (unpaired) electrons. The van der Waals surface area contributed by atoms with Crippen molar-refractivity contribution in [2.45, 2.75) is 113 Å². The van der Waals surface area contributed by atoms with Crippen molar-refractivity contribution in [1.29, 1.82) is 0 Å². The van der Waals surface area contributed by atoms with E-state index >= 15 is 0 Å². The van der Waals surface area contributed by atoms with Crippen molar-refractivity contribution in [2.24, 2.45) is 5.92 Å². The minimum absolute atomic E-state index is 0. The summed E-state index contributed by atoms with van der Waals surface area (Å²) >= 11 is 0. The van der Waals surface area contributed by atoms with E-state index in [1.807, 2.05) is 0 Å². The molecular formula is C37H51SiZr-. The van der Waals surface area contributed by atoms with Crippen LogP contribution in [0.15, 0.2) is 64.4 Å². The summed E-state index contributed by atoms with van der Waals surface area (Å²) in [5.74, 6) is 0.975. The molecule has 1 unspecified atom stereocenters. The third kappa shape index (κ3) is 5.47. The van der Waals surface area contributed by atoms with Gasteiger partial charge in [0.15, 0.2) is 0 Å². The molecule has 0 saturated carbocycles. The van der Waals surface area contributed by atoms with E-state index in [4.69, 9.17) is 0 Å². The van der Waals surface area contributed by atoms with Crippen LogP contribution >= 0.6 is 0 Å². The molecule has 1 aliphatic rings. The fourth-order valence-electron chi connectivity index (χ4n) is 7.44. The number of fused-ring (bicyclic) bond motifs is 1. The Kier molecular flexibility index (Phi) is 8.90. The molecular weight excluding hydrogens is 564 g/mol. The molecule has 3 aromatic carbocycles. The van der Waals surface area contributed by atoms with Crippen molar-refractivity contribution < 1.29 is 26.2 Å². The summed E-state index contributed by atoms with van der Waals surface area (Å²) < 4.78 is 0. The molecule has 0 aliphatic heterocycles. The number of allylic oxidation sites excluding steroid dienone is 4. The Bertz CT molecular complexity index is 1420. The minimum atomic E-state index is -2.04. The monoisotopic (exact) mass is 613 g/mol. The molecule has 0 aromatic heterocycles. The van der Waals surface area contributed by atoms with Crippen LogP contribution in [0.25, 0.3) is 21.9 Å². The molecule has 0 amide bonds. The molecule has 0 nitrogen and oxygen atoms in total. The first kappa shape index (κ1) is 32.1. The van der Waals surface area contributed by atoms with Crippen LogP contribution in [0.3, 0.4) is 0 Å². The molecule has 0 spiro atoms. The van der Waals surface area contributed by atoms with Gasteiger partial charge in [-0.3, -0.25) is 0 Å². The number of rotatable bonds is 4. The number of hydrogen-bond donors (Lipinski definition) is 0. The molecule has 0 N–H and O–H groups in total. The van der Waals surface area contributed by atoms with E-state index in [1.165, 1.54) is 33.0 Å². The second-order valence-corrected chi connectivity index (χ2v) is 19.2. The van der Waals surface area contributed by atoms with Crippen LogP contribution in [-0.2, 0) is 37.0 Å². The molecule has 0 bridgehead atoms. The van der Waals surface area contributed by atoms with E-state index in [-0.39, 0.29) is 37.0 Å². The molecule has 0 heterocycles. The molecule has 1 atom stereocenters. The first-order valence-electron chi connectivity index (χ1n) is 14.7. The maximum absolute atomic E-state index is 2.67. The van der Waals surface area contributed by atoms with Crippen LogP contribution in [0, 0.1) is 5.92 Å². The Morgan fingerprint density at radius 1 is 0.821 bits per heavy atom. The first-order chi connectivity index (χ1) is 17.4. The van der Waals surface area contributed by atoms with Gasteiger partial charge in [-0.05, 0) is 60.1 Å². The van der Waals surface area contributed by atoms with E-state index in [0.29, 0.717) is 11.8 Å². The van der Waals surface area contributed by atoms with Crippen molar-refractivity contribution in [3.05, 3.63) is 81.1 Å². The second-order valence-electron chi connectivity index (χ2n) is 14.9. The molecule has 3 aromatic rings. The second kappa shape index (κ2) is 10.8. The van der Waals surface area contributed by atoms with Gasteiger partial charge < -0.3 is 0 Å². The summed E-state index contributed by atoms with van der Waals surface area (Å²) in [4.78, 5) is 0. The molecule has 1 aliphatic carbocycles. The van der Waals surface area contributed by atoms with Crippen molar-refractivity contribution in [3.8, 4) is 11.1 Å². The van der Waals surface area contributed by atoms with Crippen LogP contribution in [0.5, 0.6) is 0 Å². The van der Waals surface area contributed by atoms with Gasteiger partial charge in [-0.15, -0.1) is 34.5 Å². The van der Waals surface area contributed by atoms with Gasteiger partial charge in [-0.25, -0.2) is 0 Å². The van der Waals surface area contributed by atoms with Crippen molar-refractivity contribution >= 4 is 24.0 Å². The van der Waals surface area contributed by atoms with Crippen LogP contribution in [-0.4, -0.2) is 8.07 Å². The average molecular weight is 615 g/mol. The van der Waals surface area contributed by atoms with E-state index in [2.05, 4.69) is 139 Å². The maximum Gasteiger partial charge on any atom is 0.108 e. The quantitative estimate of drug-likeness (QED) is 0.203. The summed E-state index contributed by atoms with van der Waals surface area (Å²) in [5.41, 5.74) is 12.3. The Morgan fingerprint density at radius 2 is 1.38 bits per heavy atom. The van der Waals surface area contributed by atoms with Gasteiger partial charge >= 0.3 is 0 Å². The fraction of sp³-hybridized carbons (Fsp3) is 0.486. The third-order valence-corrected chi connectivity index (χ3v) is 13.3. The fourth-order valence-corrected chi connectivity index (χ4v) is 11.8. The van der Waals surface area contributed by atoms with Gasteiger partial charge in [-0.2, -0.15) is 0 Å². The number of benzene rings is 2. The van der Waals surface area contributed by atoms with Crippen LogP contribution < -0.4 is 5.19 Å². The van der Waals surface area contributed by atoms with Gasteiger partial charge in [-0.1, -0.05) is 132 Å². The van der Waals surface area contributed by atoms with Crippen LogP contribution in [0.2, 0.25) is 13.1 Å². The first-order valence-corrected chi connectivity index (χ1v) is 17.7. The van der Waals surface area contributed by atoms with E-state index in [0.717, 1.165) is 0 Å². The molecule has 4 rings (SSSR count). The van der Waals surface area contributed by atoms with Gasteiger partial charge in [0, 0.05) is 26.2 Å². The van der Waals surface area contributed by atoms with Crippen molar-refractivity contribution in [3.63, 3.8) is 0 Å². The number of hydrogen-bond acceptors (Lipinski definition) is 0. The normalized spacial score (nSPS) is 17.1. The molecule has 0 fully saturated rings. The van der Waals surface area contributed by atoms with Crippen molar-refractivity contribution in [1.82, 2.24) is 0 Å².